The van der Waals surface area contributed by atoms with Crippen LogP contribution < -0.4 is 10.6 Å². The Morgan fingerprint density at radius 1 is 1.38 bits per heavy atom. The van der Waals surface area contributed by atoms with Gasteiger partial charge in [-0.3, -0.25) is 9.59 Å². The van der Waals surface area contributed by atoms with Crippen molar-refractivity contribution < 1.29 is 22.2 Å². The molecule has 0 rings (SSSR count). The first-order valence-corrected chi connectivity index (χ1v) is 4.19. The number of carbonyl (C=O) groups is 2. The number of amides is 2. The van der Waals surface area contributed by atoms with E-state index in [-0.39, 0.29) is 5.91 Å². The molecule has 0 aromatic heterocycles. The molecule has 0 radical (unpaired) electrons. The average Bonchev–Trinajstić information content (AvgIpc) is 2.03. The molecule has 2 N–H and O–H groups in total. The average molecular weight is 210 g/mol. The van der Waals surface area contributed by atoms with E-state index in [2.05, 4.69) is 10.6 Å². The lowest BCUT2D eigenvalue weighted by atomic mass is 10.4. The second kappa shape index (κ2) is 10.6. The molecule has 2 amide bonds. The van der Waals surface area contributed by atoms with Gasteiger partial charge in [0.25, 0.3) is 0 Å². The molecule has 0 heterocycles. The van der Waals surface area contributed by atoms with Gasteiger partial charge >= 0.3 is 10.6 Å². The quantitative estimate of drug-likeness (QED) is 0.406. The molecular formula is C5H10N2O5S. The molecule has 0 unspecified atom stereocenters. The molecule has 76 valence electrons. The van der Waals surface area contributed by atoms with Crippen LogP contribution in [-0.2, 0) is 20.2 Å². The largest absolute Gasteiger partial charge is 0.425 e. The molecular weight excluding hydrogens is 200 g/mol. The maximum absolute atomic E-state index is 10.4. The van der Waals surface area contributed by atoms with E-state index in [1.54, 1.807) is 7.05 Å². The van der Waals surface area contributed by atoms with Crippen LogP contribution >= 0.6 is 0 Å². The Bertz CT molecular complexity index is 238. The minimum atomic E-state index is -3.11. The van der Waals surface area contributed by atoms with E-state index in [1.807, 2.05) is 0 Å². The zero-order valence-electron chi connectivity index (χ0n) is 6.94. The van der Waals surface area contributed by atoms with E-state index in [0.29, 0.717) is 19.4 Å². The number of hydrogen-bond donors (Lipinski definition) is 2. The van der Waals surface area contributed by atoms with Crippen LogP contribution in [0.4, 0.5) is 0 Å². The summed E-state index contributed by atoms with van der Waals surface area (Å²) in [7, 11) is -1.55. The van der Waals surface area contributed by atoms with E-state index in [4.69, 9.17) is 12.6 Å². The third-order valence-electron chi connectivity index (χ3n) is 0.859. The highest BCUT2D eigenvalue weighted by molar-refractivity contribution is 7.59. The molecule has 0 saturated heterocycles. The molecule has 8 heteroatoms. The summed E-state index contributed by atoms with van der Waals surface area (Å²) in [5, 5.41) is 4.80. The summed E-state index contributed by atoms with van der Waals surface area (Å²) in [6.07, 6.45) is 0.915. The van der Waals surface area contributed by atoms with Gasteiger partial charge in [-0.1, -0.05) is 0 Å². The Labute approximate surface area is 76.6 Å². The highest BCUT2D eigenvalue weighted by Crippen LogP contribution is 1.71. The van der Waals surface area contributed by atoms with E-state index in [9.17, 15) is 9.59 Å². The molecule has 0 bridgehead atoms. The zero-order chi connectivity index (χ0) is 10.7. The molecule has 0 aliphatic heterocycles. The van der Waals surface area contributed by atoms with Crippen molar-refractivity contribution in [3.05, 3.63) is 0 Å². The predicted octanol–water partition coefficient (Wildman–Crippen LogP) is -2.14. The molecule has 13 heavy (non-hydrogen) atoms. The minimum absolute atomic E-state index is 0.0654. The first-order chi connectivity index (χ1) is 6.04. The summed E-state index contributed by atoms with van der Waals surface area (Å²) in [4.78, 5) is 20.1. The molecule has 0 aromatic rings. The van der Waals surface area contributed by atoms with Crippen LogP contribution in [0.25, 0.3) is 0 Å². The molecule has 0 fully saturated rings. The summed E-state index contributed by atoms with van der Waals surface area (Å²) < 4.78 is 25.3. The van der Waals surface area contributed by atoms with Gasteiger partial charge in [0.05, 0.1) is 0 Å². The summed E-state index contributed by atoms with van der Waals surface area (Å²) in [6.45, 7) is 0.406. The summed E-state index contributed by atoms with van der Waals surface area (Å²) >= 11 is 0. The molecule has 0 aromatic carbocycles. The van der Waals surface area contributed by atoms with Gasteiger partial charge in [0.15, 0.2) is 0 Å². The van der Waals surface area contributed by atoms with E-state index in [0.717, 1.165) is 0 Å². The second-order valence-corrected chi connectivity index (χ2v) is 2.11. The first-order valence-electron chi connectivity index (χ1n) is 3.19. The molecule has 0 aliphatic rings. The van der Waals surface area contributed by atoms with Crippen molar-refractivity contribution in [3.8, 4) is 0 Å². The van der Waals surface area contributed by atoms with Crippen LogP contribution in [0.15, 0.2) is 0 Å². The minimum Gasteiger partial charge on any atom is -0.359 e. The van der Waals surface area contributed by atoms with Gasteiger partial charge in [-0.2, -0.15) is 0 Å². The maximum atomic E-state index is 10.4. The van der Waals surface area contributed by atoms with Crippen molar-refractivity contribution in [3.63, 3.8) is 0 Å². The van der Waals surface area contributed by atoms with Crippen LogP contribution in [-0.4, -0.2) is 38.5 Å². The summed E-state index contributed by atoms with van der Waals surface area (Å²) in [6, 6.07) is 0. The highest BCUT2D eigenvalue weighted by atomic mass is 32.2. The Morgan fingerprint density at radius 2 is 1.85 bits per heavy atom. The van der Waals surface area contributed by atoms with Crippen molar-refractivity contribution in [1.29, 1.82) is 0 Å². The lowest BCUT2D eigenvalue weighted by Crippen LogP contribution is -2.23. The number of carbonyl (C=O) groups excluding carboxylic acids is 2. The normalized spacial score (nSPS) is 7.46. The predicted molar refractivity (Wildman–Crippen MR) is 42.4 cm³/mol. The van der Waals surface area contributed by atoms with Gasteiger partial charge in [0.1, 0.15) is 0 Å². The highest BCUT2D eigenvalue weighted by Gasteiger charge is 1.93. The van der Waals surface area contributed by atoms with Gasteiger partial charge in [-0.25, -0.2) is 0 Å². The van der Waals surface area contributed by atoms with Crippen molar-refractivity contribution in [2.75, 3.05) is 13.6 Å². The lowest BCUT2D eigenvalue weighted by molar-refractivity contribution is -0.120. The Hall–Kier alpha value is -1.44. The third-order valence-corrected chi connectivity index (χ3v) is 0.859. The summed E-state index contributed by atoms with van der Waals surface area (Å²) in [5.41, 5.74) is 0. The fourth-order valence-electron chi connectivity index (χ4n) is 0.370. The second-order valence-electron chi connectivity index (χ2n) is 1.70. The third kappa shape index (κ3) is 25.0. The zero-order valence-corrected chi connectivity index (χ0v) is 7.76. The van der Waals surface area contributed by atoms with Crippen molar-refractivity contribution in [1.82, 2.24) is 10.6 Å². The topological polar surface area (TPSA) is 109 Å². The van der Waals surface area contributed by atoms with Gasteiger partial charge in [-0.15, -0.1) is 12.6 Å². The van der Waals surface area contributed by atoms with Crippen LogP contribution in [0.5, 0.6) is 0 Å². The smallest absolute Gasteiger partial charge is 0.359 e. The first kappa shape index (κ1) is 14.1. The monoisotopic (exact) mass is 210 g/mol. The number of hydrogen-bond acceptors (Lipinski definition) is 5. The fourth-order valence-corrected chi connectivity index (χ4v) is 0.370. The van der Waals surface area contributed by atoms with Crippen molar-refractivity contribution in [2.45, 2.75) is 6.42 Å². The molecule has 0 atom stereocenters. The Balaban J connectivity index is 0. The van der Waals surface area contributed by atoms with Crippen LogP contribution in [0.3, 0.4) is 0 Å². The maximum Gasteiger partial charge on any atom is 0.425 e. The van der Waals surface area contributed by atoms with Gasteiger partial charge in [-0.05, 0) is 0 Å². The van der Waals surface area contributed by atoms with Gasteiger partial charge < -0.3 is 10.6 Å². The molecule has 0 aliphatic carbocycles. The standard InChI is InChI=1S/C5H10N2O2.O3S/c1-6-5(9)2-3-7-4-8;1-4(2)3/h4H,2-3H2,1H3,(H,6,9)(H,7,8);. The van der Waals surface area contributed by atoms with Gasteiger partial charge in [0.2, 0.25) is 12.3 Å². The van der Waals surface area contributed by atoms with Crippen molar-refractivity contribution >= 4 is 22.9 Å². The number of rotatable bonds is 4. The molecule has 0 saturated carbocycles. The Kier molecular flexibility index (Phi) is 11.5. The molecule has 7 nitrogen and oxygen atoms in total. The van der Waals surface area contributed by atoms with Crippen LogP contribution in [0.2, 0.25) is 0 Å². The van der Waals surface area contributed by atoms with Crippen molar-refractivity contribution in [2.24, 2.45) is 0 Å². The lowest BCUT2D eigenvalue weighted by Gasteiger charge is -1.96. The van der Waals surface area contributed by atoms with Gasteiger partial charge in [0, 0.05) is 20.0 Å². The van der Waals surface area contributed by atoms with Crippen LogP contribution in [0, 0.1) is 0 Å². The number of nitrogens with one attached hydrogen (secondary N) is 2. The fraction of sp³-hybridized carbons (Fsp3) is 0.600. The van der Waals surface area contributed by atoms with Crippen LogP contribution in [0.1, 0.15) is 6.42 Å². The van der Waals surface area contributed by atoms with E-state index >= 15 is 0 Å². The molecule has 0 spiro atoms. The Morgan fingerprint density at radius 3 is 2.15 bits per heavy atom. The van der Waals surface area contributed by atoms with E-state index in [1.165, 1.54) is 0 Å². The summed E-state index contributed by atoms with van der Waals surface area (Å²) in [5.74, 6) is -0.0654. The van der Waals surface area contributed by atoms with E-state index < -0.39 is 10.6 Å². The SMILES string of the molecule is CNC(=O)CCNC=O.O=S(=O)=O.